The van der Waals surface area contributed by atoms with E-state index in [2.05, 4.69) is 32.3 Å². The number of hydrogen-bond donors (Lipinski definition) is 1. The number of nitrogens with zero attached hydrogens (tertiary/aromatic N) is 2. The van der Waals surface area contributed by atoms with E-state index in [0.717, 1.165) is 17.3 Å². The molecular formula is C27H25BrClF2N3O2. The van der Waals surface area contributed by atoms with Gasteiger partial charge in [0.1, 0.15) is 0 Å². The molecule has 0 fully saturated rings. The number of nitriles is 1. The number of carbonyl (C=O) groups is 1. The number of pyridine rings is 1. The standard InChI is InChI=1S/C27H25BrClF2N3O2/c1-17(34-25(35)26(2,3)36-24-12-9-21(16-33-24)27(28,30)31)23(14-18-7-10-22(29)11-8-18)20-6-4-5-19(13-20)15-32/h4-13,16-17,23H,14H2,1-3H3,(H,34,35). The largest absolute Gasteiger partial charge is 0.462 e. The maximum Gasteiger partial charge on any atom is 0.328 e. The summed E-state index contributed by atoms with van der Waals surface area (Å²) in [6.45, 7) is 5.04. The summed E-state index contributed by atoms with van der Waals surface area (Å²) in [6.07, 6.45) is 1.59. The van der Waals surface area contributed by atoms with Gasteiger partial charge in [-0.05, 0) is 84.6 Å². The number of benzene rings is 2. The van der Waals surface area contributed by atoms with Crippen LogP contribution in [0.3, 0.4) is 0 Å². The fraction of sp³-hybridized carbons (Fsp3) is 0.296. The van der Waals surface area contributed by atoms with Crippen molar-refractivity contribution in [3.63, 3.8) is 0 Å². The fourth-order valence-electron chi connectivity index (χ4n) is 3.69. The summed E-state index contributed by atoms with van der Waals surface area (Å²) in [7, 11) is 0. The summed E-state index contributed by atoms with van der Waals surface area (Å²) in [5.74, 6) is -0.509. The summed E-state index contributed by atoms with van der Waals surface area (Å²) in [5, 5.41) is 13.0. The van der Waals surface area contributed by atoms with Crippen molar-refractivity contribution in [3.05, 3.63) is 94.1 Å². The SMILES string of the molecule is CC(NC(=O)C(C)(C)Oc1ccc(C(F)(F)Br)cn1)C(Cc1ccc(Cl)cc1)c1cccc(C#N)c1. The fourth-order valence-corrected chi connectivity index (χ4v) is 4.05. The minimum Gasteiger partial charge on any atom is -0.462 e. The lowest BCUT2D eigenvalue weighted by Gasteiger charge is -2.30. The van der Waals surface area contributed by atoms with E-state index in [0.29, 0.717) is 17.0 Å². The highest BCUT2D eigenvalue weighted by Crippen LogP contribution is 2.34. The molecule has 1 amide bonds. The highest BCUT2D eigenvalue weighted by molar-refractivity contribution is 9.09. The number of carbonyl (C=O) groups excluding carboxylic acids is 1. The number of ether oxygens (including phenoxy) is 1. The molecule has 2 unspecified atom stereocenters. The van der Waals surface area contributed by atoms with Gasteiger partial charge in [-0.1, -0.05) is 35.9 Å². The van der Waals surface area contributed by atoms with Crippen molar-refractivity contribution in [2.24, 2.45) is 0 Å². The van der Waals surface area contributed by atoms with Crippen LogP contribution >= 0.6 is 27.5 Å². The van der Waals surface area contributed by atoms with Gasteiger partial charge in [0.2, 0.25) is 5.88 Å². The molecule has 0 saturated carbocycles. The molecule has 36 heavy (non-hydrogen) atoms. The Morgan fingerprint density at radius 2 is 1.89 bits per heavy atom. The Morgan fingerprint density at radius 1 is 1.19 bits per heavy atom. The first-order chi connectivity index (χ1) is 16.9. The molecule has 2 aromatic carbocycles. The molecule has 5 nitrogen and oxygen atoms in total. The third kappa shape index (κ3) is 7.25. The molecule has 1 N–H and O–H groups in total. The second-order valence-electron chi connectivity index (χ2n) is 8.93. The van der Waals surface area contributed by atoms with E-state index in [9.17, 15) is 18.8 Å². The van der Waals surface area contributed by atoms with Crippen molar-refractivity contribution in [3.8, 4) is 11.9 Å². The van der Waals surface area contributed by atoms with Crippen LogP contribution in [0.2, 0.25) is 5.02 Å². The van der Waals surface area contributed by atoms with E-state index in [1.165, 1.54) is 12.1 Å². The highest BCUT2D eigenvalue weighted by atomic mass is 79.9. The molecule has 0 saturated heterocycles. The second kappa shape index (κ2) is 11.4. The third-order valence-electron chi connectivity index (χ3n) is 5.75. The van der Waals surface area contributed by atoms with E-state index >= 15 is 0 Å². The maximum atomic E-state index is 13.4. The van der Waals surface area contributed by atoms with Crippen LogP contribution in [-0.4, -0.2) is 22.5 Å². The van der Waals surface area contributed by atoms with Gasteiger partial charge in [-0.2, -0.15) is 14.0 Å². The van der Waals surface area contributed by atoms with Crippen LogP contribution in [0, 0.1) is 11.3 Å². The zero-order chi connectivity index (χ0) is 26.5. The van der Waals surface area contributed by atoms with Gasteiger partial charge in [-0.3, -0.25) is 4.79 Å². The van der Waals surface area contributed by atoms with Gasteiger partial charge in [0.25, 0.3) is 5.91 Å². The van der Waals surface area contributed by atoms with E-state index in [4.69, 9.17) is 16.3 Å². The minimum atomic E-state index is -3.21. The number of aromatic nitrogens is 1. The Hall–Kier alpha value is -3.02. The number of rotatable bonds is 9. The predicted octanol–water partition coefficient (Wildman–Crippen LogP) is 6.74. The molecular weight excluding hydrogens is 552 g/mol. The van der Waals surface area contributed by atoms with Crippen molar-refractivity contribution in [2.75, 3.05) is 0 Å². The van der Waals surface area contributed by atoms with Gasteiger partial charge in [0, 0.05) is 29.2 Å². The van der Waals surface area contributed by atoms with E-state index < -0.39 is 16.3 Å². The zero-order valence-electron chi connectivity index (χ0n) is 19.9. The van der Waals surface area contributed by atoms with Crippen molar-refractivity contribution in [1.82, 2.24) is 10.3 Å². The van der Waals surface area contributed by atoms with Crippen molar-refractivity contribution in [1.29, 1.82) is 5.26 Å². The summed E-state index contributed by atoms with van der Waals surface area (Å²) in [5.41, 5.74) is 0.799. The van der Waals surface area contributed by atoms with Crippen LogP contribution in [0.25, 0.3) is 0 Å². The first-order valence-electron chi connectivity index (χ1n) is 11.2. The molecule has 1 aromatic heterocycles. The Kier molecular flexibility index (Phi) is 8.70. The van der Waals surface area contributed by atoms with Gasteiger partial charge in [0.05, 0.1) is 17.2 Å². The van der Waals surface area contributed by atoms with Crippen LogP contribution in [-0.2, 0) is 16.0 Å². The van der Waals surface area contributed by atoms with Gasteiger partial charge < -0.3 is 10.1 Å². The maximum absolute atomic E-state index is 13.4. The quantitative estimate of drug-likeness (QED) is 0.286. The number of halogens is 4. The van der Waals surface area contributed by atoms with Crippen LogP contribution in [0.4, 0.5) is 8.78 Å². The molecule has 0 spiro atoms. The third-order valence-corrected chi connectivity index (χ3v) is 6.46. The summed E-state index contributed by atoms with van der Waals surface area (Å²) in [6, 6.07) is 19.0. The average molecular weight is 577 g/mol. The molecule has 3 rings (SSSR count). The monoisotopic (exact) mass is 575 g/mol. The molecule has 0 aliphatic carbocycles. The highest BCUT2D eigenvalue weighted by Gasteiger charge is 2.34. The Morgan fingerprint density at radius 3 is 2.47 bits per heavy atom. The summed E-state index contributed by atoms with van der Waals surface area (Å²) >= 11 is 8.32. The van der Waals surface area contributed by atoms with Crippen molar-refractivity contribution in [2.45, 2.75) is 49.6 Å². The van der Waals surface area contributed by atoms with Gasteiger partial charge >= 0.3 is 4.83 Å². The molecule has 1 heterocycles. The molecule has 0 bridgehead atoms. The normalized spacial score (nSPS) is 13.4. The first kappa shape index (κ1) is 27.6. The Labute approximate surface area is 222 Å². The average Bonchev–Trinajstić information content (AvgIpc) is 2.83. The van der Waals surface area contributed by atoms with Crippen molar-refractivity contribution < 1.29 is 18.3 Å². The molecule has 0 aliphatic rings. The Balaban J connectivity index is 1.79. The molecule has 2 atom stereocenters. The van der Waals surface area contributed by atoms with Crippen molar-refractivity contribution >= 4 is 33.4 Å². The number of nitrogens with one attached hydrogen (secondary N) is 1. The van der Waals surface area contributed by atoms with Gasteiger partial charge in [0.15, 0.2) is 5.60 Å². The molecule has 3 aromatic rings. The number of alkyl halides is 3. The summed E-state index contributed by atoms with van der Waals surface area (Å²) < 4.78 is 32.5. The van der Waals surface area contributed by atoms with Gasteiger partial charge in [-0.25, -0.2) is 4.98 Å². The van der Waals surface area contributed by atoms with E-state index in [1.54, 1.807) is 19.9 Å². The smallest absolute Gasteiger partial charge is 0.328 e. The predicted molar refractivity (Wildman–Crippen MR) is 138 cm³/mol. The van der Waals surface area contributed by atoms with Crippen LogP contribution < -0.4 is 10.1 Å². The topological polar surface area (TPSA) is 75.0 Å². The lowest BCUT2D eigenvalue weighted by Crippen LogP contribution is -2.51. The van der Waals surface area contributed by atoms with Gasteiger partial charge in [-0.15, -0.1) is 0 Å². The van der Waals surface area contributed by atoms with Crippen LogP contribution in [0.5, 0.6) is 5.88 Å². The number of amides is 1. The lowest BCUT2D eigenvalue weighted by molar-refractivity contribution is -0.135. The van der Waals surface area contributed by atoms with Crippen LogP contribution in [0.15, 0.2) is 66.9 Å². The molecule has 188 valence electrons. The lowest BCUT2D eigenvalue weighted by atomic mass is 9.85. The second-order valence-corrected chi connectivity index (χ2v) is 10.4. The zero-order valence-corrected chi connectivity index (χ0v) is 22.3. The number of hydrogen-bond acceptors (Lipinski definition) is 4. The molecule has 0 radical (unpaired) electrons. The minimum absolute atomic E-state index is 0.0442. The summed E-state index contributed by atoms with van der Waals surface area (Å²) in [4.78, 5) is 13.9. The van der Waals surface area contributed by atoms with E-state index in [1.807, 2.05) is 49.4 Å². The van der Waals surface area contributed by atoms with E-state index in [-0.39, 0.29) is 23.4 Å². The Bertz CT molecular complexity index is 1240. The molecule has 0 aliphatic heterocycles. The molecule has 9 heteroatoms. The van der Waals surface area contributed by atoms with Crippen LogP contribution in [0.1, 0.15) is 48.9 Å². The first-order valence-corrected chi connectivity index (χ1v) is 12.3.